The minimum atomic E-state index is 0.367. The number of rotatable bonds is 7. The molecule has 1 aliphatic heterocycles. The maximum atomic E-state index is 4.85. The molecule has 3 heterocycles. The number of thioether (sulfide) groups is 2. The summed E-state index contributed by atoms with van der Waals surface area (Å²) in [5, 5.41) is 1.37. The van der Waals surface area contributed by atoms with E-state index in [2.05, 4.69) is 69.4 Å². The van der Waals surface area contributed by atoms with Crippen molar-refractivity contribution in [2.75, 3.05) is 43.4 Å². The second-order valence-corrected chi connectivity index (χ2v) is 11.6. The molecule has 35 heavy (non-hydrogen) atoms. The molecule has 1 saturated heterocycles. The largest absolute Gasteiger partial charge is 0.369 e. The molecule has 0 radical (unpaired) electrons. The predicted molar refractivity (Wildman–Crippen MR) is 148 cm³/mol. The van der Waals surface area contributed by atoms with Crippen molar-refractivity contribution in [2.45, 2.75) is 34.6 Å². The summed E-state index contributed by atoms with van der Waals surface area (Å²) >= 11 is 3.85. The average molecular weight is 502 g/mol. The summed E-state index contributed by atoms with van der Waals surface area (Å²) in [5.74, 6) is 1.13. The van der Waals surface area contributed by atoms with E-state index >= 15 is 0 Å². The van der Waals surface area contributed by atoms with Gasteiger partial charge in [-0.3, -0.25) is 9.88 Å². The van der Waals surface area contributed by atoms with Crippen LogP contribution in [0.4, 0.5) is 5.69 Å². The number of piperazine rings is 1. The molecule has 0 saturated carbocycles. The molecule has 2 aromatic heterocycles. The first kappa shape index (κ1) is 23.0. The molecule has 1 unspecified atom stereocenters. The molecule has 0 bridgehead atoms. The van der Waals surface area contributed by atoms with Crippen LogP contribution in [0.5, 0.6) is 0 Å². The van der Waals surface area contributed by atoms with Crippen molar-refractivity contribution in [2.24, 2.45) is 0 Å². The predicted octanol–water partition coefficient (Wildman–Crippen LogP) is 6.04. The Labute approximate surface area is 215 Å². The number of pyridine rings is 1. The van der Waals surface area contributed by atoms with Crippen LogP contribution in [0.3, 0.4) is 0 Å². The second-order valence-electron chi connectivity index (χ2n) is 9.24. The summed E-state index contributed by atoms with van der Waals surface area (Å²) in [4.78, 5) is 19.7. The van der Waals surface area contributed by atoms with Gasteiger partial charge in [0.1, 0.15) is 0 Å². The second kappa shape index (κ2) is 10.6. The van der Waals surface area contributed by atoms with Gasteiger partial charge in [-0.05, 0) is 55.2 Å². The molecule has 7 heteroatoms. The summed E-state index contributed by atoms with van der Waals surface area (Å²) in [6, 6.07) is 21.3. The molecular weight excluding hydrogens is 470 g/mol. The highest BCUT2D eigenvalue weighted by atomic mass is 32.2. The van der Waals surface area contributed by atoms with Crippen LogP contribution in [0.25, 0.3) is 11.0 Å². The number of aromatic nitrogens is 3. The van der Waals surface area contributed by atoms with Crippen molar-refractivity contribution in [3.8, 4) is 0 Å². The number of hydrogen-bond donors (Lipinski definition) is 1. The molecule has 2 aromatic carbocycles. The number of aromatic amines is 1. The lowest BCUT2D eigenvalue weighted by molar-refractivity contribution is 0.273. The lowest BCUT2D eigenvalue weighted by Crippen LogP contribution is -2.47. The minimum Gasteiger partial charge on any atom is -0.369 e. The number of anilines is 1. The van der Waals surface area contributed by atoms with Crippen LogP contribution in [0.2, 0.25) is 0 Å². The summed E-state index contributed by atoms with van der Waals surface area (Å²) in [7, 11) is 0. The Morgan fingerprint density at radius 3 is 2.63 bits per heavy atom. The highest BCUT2D eigenvalue weighted by Gasteiger charge is 2.26. The van der Waals surface area contributed by atoms with Gasteiger partial charge in [-0.1, -0.05) is 42.1 Å². The van der Waals surface area contributed by atoms with Crippen LogP contribution < -0.4 is 4.90 Å². The zero-order valence-electron chi connectivity index (χ0n) is 19.9. The van der Waals surface area contributed by atoms with E-state index in [1.165, 1.54) is 28.3 Å². The number of hydrogen-bond acceptors (Lipinski definition) is 6. The molecule has 180 valence electrons. The third-order valence-corrected chi connectivity index (χ3v) is 9.26. The Kier molecular flexibility index (Phi) is 6.98. The number of benzene rings is 2. The smallest absolute Gasteiger partial charge is 0.167 e. The van der Waals surface area contributed by atoms with Crippen molar-refractivity contribution in [3.05, 3.63) is 78.1 Å². The van der Waals surface area contributed by atoms with Crippen molar-refractivity contribution in [3.63, 3.8) is 0 Å². The van der Waals surface area contributed by atoms with Crippen LogP contribution in [0.15, 0.2) is 76.9 Å². The van der Waals surface area contributed by atoms with Gasteiger partial charge in [0, 0.05) is 55.3 Å². The average Bonchev–Trinajstić information content (AvgIpc) is 3.32. The fourth-order valence-corrected chi connectivity index (χ4v) is 7.44. The van der Waals surface area contributed by atoms with Gasteiger partial charge in [-0.2, -0.15) is 0 Å². The highest BCUT2D eigenvalue weighted by molar-refractivity contribution is 7.99. The fourth-order valence-electron chi connectivity index (χ4n) is 5.14. The van der Waals surface area contributed by atoms with Gasteiger partial charge in [-0.25, -0.2) is 4.98 Å². The molecule has 2 aliphatic rings. The van der Waals surface area contributed by atoms with E-state index in [4.69, 9.17) is 9.97 Å². The lowest BCUT2D eigenvalue weighted by atomic mass is 9.96. The topological polar surface area (TPSA) is 48.1 Å². The number of para-hydroxylation sites is 3. The Morgan fingerprint density at radius 2 is 1.77 bits per heavy atom. The molecule has 4 aromatic rings. The van der Waals surface area contributed by atoms with Crippen molar-refractivity contribution in [1.29, 1.82) is 0 Å². The Balaban J connectivity index is 1.06. The third-order valence-electron chi connectivity index (χ3n) is 7.02. The number of H-pyrrole nitrogens is 1. The van der Waals surface area contributed by atoms with E-state index in [1.807, 2.05) is 35.8 Å². The van der Waals surface area contributed by atoms with E-state index in [0.29, 0.717) is 5.25 Å². The van der Waals surface area contributed by atoms with Gasteiger partial charge in [0.2, 0.25) is 0 Å². The Hall–Kier alpha value is -2.48. The summed E-state index contributed by atoms with van der Waals surface area (Å²) in [6.45, 7) is 5.64. The van der Waals surface area contributed by atoms with Crippen LogP contribution in [-0.2, 0) is 6.42 Å². The standard InChI is InChI=1S/C28H31N5S2/c1-2-7-21(8-3-1)33-17-15-32(16-18-33)19-20-34-25-13-14-29-27-22(25)9-6-12-26(27)35-28-30-23-10-4-5-11-24(23)31-28/h1-5,7-8,10-11,13-14,26H,6,9,12,15-20H2,(H,30,31). The van der Waals surface area contributed by atoms with Crippen LogP contribution in [0.1, 0.15) is 29.3 Å². The van der Waals surface area contributed by atoms with Gasteiger partial charge in [0.25, 0.3) is 0 Å². The number of nitrogens with zero attached hydrogens (tertiary/aromatic N) is 4. The van der Waals surface area contributed by atoms with Crippen LogP contribution >= 0.6 is 23.5 Å². The summed E-state index contributed by atoms with van der Waals surface area (Å²) < 4.78 is 0. The molecular formula is C28H31N5S2. The zero-order chi connectivity index (χ0) is 23.5. The van der Waals surface area contributed by atoms with Gasteiger partial charge in [-0.15, -0.1) is 11.8 Å². The number of nitrogens with one attached hydrogen (secondary N) is 1. The first-order valence-electron chi connectivity index (χ1n) is 12.6. The monoisotopic (exact) mass is 501 g/mol. The Bertz CT molecular complexity index is 1230. The van der Waals surface area contributed by atoms with Gasteiger partial charge >= 0.3 is 0 Å². The first-order chi connectivity index (χ1) is 17.3. The molecule has 5 nitrogen and oxygen atoms in total. The minimum absolute atomic E-state index is 0.367. The van der Waals surface area contributed by atoms with E-state index in [0.717, 1.165) is 67.5 Å². The van der Waals surface area contributed by atoms with Crippen molar-refractivity contribution in [1.82, 2.24) is 19.9 Å². The first-order valence-corrected chi connectivity index (χ1v) is 14.4. The van der Waals surface area contributed by atoms with Gasteiger partial charge in [0.15, 0.2) is 5.16 Å². The maximum Gasteiger partial charge on any atom is 0.167 e. The van der Waals surface area contributed by atoms with E-state index in [-0.39, 0.29) is 0 Å². The third kappa shape index (κ3) is 5.22. The quantitative estimate of drug-likeness (QED) is 0.312. The number of fused-ring (bicyclic) bond motifs is 2. The summed E-state index contributed by atoms with van der Waals surface area (Å²) in [6.07, 6.45) is 5.52. The van der Waals surface area contributed by atoms with Crippen LogP contribution in [0, 0.1) is 0 Å². The van der Waals surface area contributed by atoms with E-state index < -0.39 is 0 Å². The molecule has 6 rings (SSSR count). The van der Waals surface area contributed by atoms with Gasteiger partial charge in [0.05, 0.1) is 22.0 Å². The van der Waals surface area contributed by atoms with Crippen LogP contribution in [-0.4, -0.2) is 58.3 Å². The molecule has 1 aliphatic carbocycles. The SMILES string of the molecule is c1ccc(N2CCN(CCSc3ccnc4c3CCCC4Sc3nc4ccccc4[nH]3)CC2)cc1. The normalized spacial score (nSPS) is 18.6. The lowest BCUT2D eigenvalue weighted by Gasteiger charge is -2.36. The molecule has 1 fully saturated rings. The van der Waals surface area contributed by atoms with Crippen molar-refractivity contribution >= 4 is 40.2 Å². The van der Waals surface area contributed by atoms with Crippen molar-refractivity contribution < 1.29 is 0 Å². The molecule has 1 atom stereocenters. The Morgan fingerprint density at radius 1 is 0.943 bits per heavy atom. The maximum absolute atomic E-state index is 4.85. The molecule has 0 amide bonds. The highest BCUT2D eigenvalue weighted by Crippen LogP contribution is 2.44. The van der Waals surface area contributed by atoms with E-state index in [9.17, 15) is 0 Å². The molecule has 0 spiro atoms. The fraction of sp³-hybridized carbons (Fsp3) is 0.357. The summed E-state index contributed by atoms with van der Waals surface area (Å²) in [5.41, 5.74) is 6.22. The number of imidazole rings is 1. The van der Waals surface area contributed by atoms with E-state index in [1.54, 1.807) is 0 Å². The zero-order valence-corrected chi connectivity index (χ0v) is 21.5. The van der Waals surface area contributed by atoms with Gasteiger partial charge < -0.3 is 9.88 Å². The molecule has 1 N–H and O–H groups in total.